The fourth-order valence-electron chi connectivity index (χ4n) is 1.49. The SMILES string of the molecule is CCC(C#N)Oc1cc([N+](=O)[O-])c(CO)cc1OC. The van der Waals surface area contributed by atoms with Crippen LogP contribution in [0.5, 0.6) is 11.5 Å². The Balaban J connectivity index is 3.26. The number of nitro groups is 1. The number of nitrogens with zero attached hydrogens (tertiary/aromatic N) is 2. The lowest BCUT2D eigenvalue weighted by molar-refractivity contribution is -0.386. The highest BCUT2D eigenvalue weighted by molar-refractivity contribution is 5.54. The second-order valence-corrected chi connectivity index (χ2v) is 3.69. The van der Waals surface area contributed by atoms with E-state index in [1.54, 1.807) is 6.92 Å². The Hall–Kier alpha value is -2.33. The molecule has 0 amide bonds. The lowest BCUT2D eigenvalue weighted by Crippen LogP contribution is -2.13. The van der Waals surface area contributed by atoms with E-state index in [2.05, 4.69) is 0 Å². The summed E-state index contributed by atoms with van der Waals surface area (Å²) in [7, 11) is 1.38. The first-order valence-electron chi connectivity index (χ1n) is 5.59. The number of rotatable bonds is 6. The van der Waals surface area contributed by atoms with Crippen molar-refractivity contribution < 1.29 is 19.5 Å². The zero-order valence-electron chi connectivity index (χ0n) is 10.6. The van der Waals surface area contributed by atoms with Gasteiger partial charge in [-0.25, -0.2) is 0 Å². The normalized spacial score (nSPS) is 11.5. The van der Waals surface area contributed by atoms with E-state index in [1.165, 1.54) is 13.2 Å². The lowest BCUT2D eigenvalue weighted by atomic mass is 10.1. The van der Waals surface area contributed by atoms with Crippen molar-refractivity contribution in [3.05, 3.63) is 27.8 Å². The predicted octanol–water partition coefficient (Wildman–Crippen LogP) is 1.78. The Labute approximate surface area is 110 Å². The minimum Gasteiger partial charge on any atom is -0.493 e. The van der Waals surface area contributed by atoms with Gasteiger partial charge in [0.05, 0.1) is 30.3 Å². The number of benzene rings is 1. The number of aliphatic hydroxyl groups is 1. The molecule has 0 radical (unpaired) electrons. The van der Waals surface area contributed by atoms with Crippen molar-refractivity contribution in [2.75, 3.05) is 7.11 Å². The first-order valence-corrected chi connectivity index (χ1v) is 5.59. The molecule has 102 valence electrons. The molecule has 1 unspecified atom stereocenters. The summed E-state index contributed by atoms with van der Waals surface area (Å²) < 4.78 is 10.4. The van der Waals surface area contributed by atoms with Crippen LogP contribution in [-0.4, -0.2) is 23.2 Å². The molecule has 0 spiro atoms. The molecular weight excluding hydrogens is 252 g/mol. The van der Waals surface area contributed by atoms with Crippen LogP contribution in [0.15, 0.2) is 12.1 Å². The first kappa shape index (κ1) is 14.7. The number of nitriles is 1. The highest BCUT2D eigenvalue weighted by Crippen LogP contribution is 2.35. The van der Waals surface area contributed by atoms with Gasteiger partial charge in [0.1, 0.15) is 6.07 Å². The molecule has 0 fully saturated rings. The zero-order chi connectivity index (χ0) is 14.4. The summed E-state index contributed by atoms with van der Waals surface area (Å²) in [4.78, 5) is 10.3. The molecule has 0 saturated heterocycles. The fraction of sp³-hybridized carbons (Fsp3) is 0.417. The van der Waals surface area contributed by atoms with Crippen LogP contribution in [-0.2, 0) is 6.61 Å². The van der Waals surface area contributed by atoms with Crippen LogP contribution in [0.3, 0.4) is 0 Å². The van der Waals surface area contributed by atoms with Crippen molar-refractivity contribution in [2.24, 2.45) is 0 Å². The Morgan fingerprint density at radius 3 is 2.63 bits per heavy atom. The molecule has 7 nitrogen and oxygen atoms in total. The molecule has 0 aromatic heterocycles. The zero-order valence-corrected chi connectivity index (χ0v) is 10.6. The minimum atomic E-state index is -0.714. The van der Waals surface area contributed by atoms with Crippen molar-refractivity contribution >= 4 is 5.69 Å². The fourth-order valence-corrected chi connectivity index (χ4v) is 1.49. The molecule has 7 heteroatoms. The third kappa shape index (κ3) is 3.33. The van der Waals surface area contributed by atoms with Gasteiger partial charge >= 0.3 is 0 Å². The van der Waals surface area contributed by atoms with Crippen molar-refractivity contribution in [2.45, 2.75) is 26.1 Å². The van der Waals surface area contributed by atoms with E-state index in [0.717, 1.165) is 6.07 Å². The Morgan fingerprint density at radius 2 is 2.21 bits per heavy atom. The quantitative estimate of drug-likeness (QED) is 0.621. The van der Waals surface area contributed by atoms with Gasteiger partial charge in [-0.3, -0.25) is 10.1 Å². The van der Waals surface area contributed by atoms with Crippen molar-refractivity contribution in [1.29, 1.82) is 5.26 Å². The number of methoxy groups -OCH3 is 1. The van der Waals surface area contributed by atoms with Crippen LogP contribution < -0.4 is 9.47 Å². The van der Waals surface area contributed by atoms with E-state index in [4.69, 9.17) is 19.8 Å². The monoisotopic (exact) mass is 266 g/mol. The van der Waals surface area contributed by atoms with Gasteiger partial charge in [-0.05, 0) is 12.5 Å². The van der Waals surface area contributed by atoms with E-state index in [-0.39, 0.29) is 22.7 Å². The van der Waals surface area contributed by atoms with Gasteiger partial charge in [0.25, 0.3) is 5.69 Å². The summed E-state index contributed by atoms with van der Waals surface area (Å²) in [6.45, 7) is 1.28. The van der Waals surface area contributed by atoms with E-state index in [9.17, 15) is 10.1 Å². The van der Waals surface area contributed by atoms with Crippen LogP contribution in [0.2, 0.25) is 0 Å². The maximum Gasteiger partial charge on any atom is 0.278 e. The number of nitro benzene ring substituents is 1. The third-order valence-electron chi connectivity index (χ3n) is 2.52. The van der Waals surface area contributed by atoms with Crippen LogP contribution in [0.4, 0.5) is 5.69 Å². The van der Waals surface area contributed by atoms with Crippen molar-refractivity contribution in [1.82, 2.24) is 0 Å². The number of aliphatic hydroxyl groups excluding tert-OH is 1. The topological polar surface area (TPSA) is 106 Å². The maximum atomic E-state index is 10.9. The summed E-state index contributed by atoms with van der Waals surface area (Å²) in [6, 6.07) is 4.42. The molecule has 0 aliphatic heterocycles. The molecule has 19 heavy (non-hydrogen) atoms. The highest BCUT2D eigenvalue weighted by atomic mass is 16.6. The summed E-state index contributed by atoms with van der Waals surface area (Å²) in [5.74, 6) is 0.350. The molecular formula is C12H14N2O5. The second-order valence-electron chi connectivity index (χ2n) is 3.69. The van der Waals surface area contributed by atoms with E-state index in [0.29, 0.717) is 6.42 Å². The molecule has 1 aromatic carbocycles. The van der Waals surface area contributed by atoms with Gasteiger partial charge in [0.15, 0.2) is 17.6 Å². The Kier molecular flexibility index (Phi) is 5.09. The van der Waals surface area contributed by atoms with Gasteiger partial charge < -0.3 is 14.6 Å². The summed E-state index contributed by atoms with van der Waals surface area (Å²) in [6.07, 6.45) is -0.275. The standard InChI is InChI=1S/C12H14N2O5/c1-3-9(6-13)19-12-5-10(14(16)17)8(7-15)4-11(12)18-2/h4-5,9,15H,3,7H2,1-2H3. The highest BCUT2D eigenvalue weighted by Gasteiger charge is 2.20. The molecule has 0 aliphatic carbocycles. The molecule has 0 saturated carbocycles. The minimum absolute atomic E-state index is 0.111. The molecule has 0 bridgehead atoms. The van der Waals surface area contributed by atoms with Gasteiger partial charge in [0.2, 0.25) is 0 Å². The second kappa shape index (κ2) is 6.56. The van der Waals surface area contributed by atoms with E-state index >= 15 is 0 Å². The molecule has 1 aromatic rings. The predicted molar refractivity (Wildman–Crippen MR) is 65.9 cm³/mol. The van der Waals surface area contributed by atoms with Gasteiger partial charge in [-0.2, -0.15) is 5.26 Å². The molecule has 1 N–H and O–H groups in total. The van der Waals surface area contributed by atoms with Crippen molar-refractivity contribution in [3.8, 4) is 17.6 Å². The Morgan fingerprint density at radius 1 is 1.53 bits per heavy atom. The molecule has 0 aliphatic rings. The summed E-state index contributed by atoms with van der Waals surface area (Å²) in [5.41, 5.74) is -0.148. The van der Waals surface area contributed by atoms with E-state index in [1.807, 2.05) is 6.07 Å². The van der Waals surface area contributed by atoms with Crippen LogP contribution >= 0.6 is 0 Å². The number of ether oxygens (including phenoxy) is 2. The smallest absolute Gasteiger partial charge is 0.278 e. The third-order valence-corrected chi connectivity index (χ3v) is 2.52. The largest absolute Gasteiger partial charge is 0.493 e. The van der Waals surface area contributed by atoms with Gasteiger partial charge in [0, 0.05) is 0 Å². The summed E-state index contributed by atoms with van der Waals surface area (Å²) in [5, 5.41) is 28.8. The maximum absolute atomic E-state index is 10.9. The van der Waals surface area contributed by atoms with Crippen molar-refractivity contribution in [3.63, 3.8) is 0 Å². The van der Waals surface area contributed by atoms with Gasteiger partial charge in [-0.15, -0.1) is 0 Å². The Bertz CT molecular complexity index is 510. The van der Waals surface area contributed by atoms with Crippen LogP contribution in [0.25, 0.3) is 0 Å². The molecule has 0 heterocycles. The molecule has 1 rings (SSSR count). The van der Waals surface area contributed by atoms with Gasteiger partial charge in [-0.1, -0.05) is 6.92 Å². The first-order chi connectivity index (χ1) is 9.07. The summed E-state index contributed by atoms with van der Waals surface area (Å²) >= 11 is 0. The number of hydrogen-bond donors (Lipinski definition) is 1. The number of hydrogen-bond acceptors (Lipinski definition) is 6. The van der Waals surface area contributed by atoms with Crippen LogP contribution in [0.1, 0.15) is 18.9 Å². The van der Waals surface area contributed by atoms with Crippen LogP contribution in [0, 0.1) is 21.4 Å². The lowest BCUT2D eigenvalue weighted by Gasteiger charge is -2.14. The average Bonchev–Trinajstić information content (AvgIpc) is 2.43. The average molecular weight is 266 g/mol. The van der Waals surface area contributed by atoms with E-state index < -0.39 is 17.6 Å². The molecule has 1 atom stereocenters.